The van der Waals surface area contributed by atoms with Crippen LogP contribution in [0.5, 0.6) is 11.5 Å². The molecule has 2 aliphatic heterocycles. The lowest BCUT2D eigenvalue weighted by Gasteiger charge is -2.22. The number of nitrogens with zero attached hydrogens (tertiary/aromatic N) is 2. The monoisotopic (exact) mass is 606 g/mol. The van der Waals surface area contributed by atoms with Crippen LogP contribution >= 0.6 is 39.3 Å². The first-order valence-corrected chi connectivity index (χ1v) is 14.2. The molecule has 2 saturated heterocycles. The van der Waals surface area contributed by atoms with E-state index >= 15 is 0 Å². The van der Waals surface area contributed by atoms with Crippen LogP contribution in [0.3, 0.4) is 0 Å². The van der Waals surface area contributed by atoms with Crippen LogP contribution in [-0.2, 0) is 16.2 Å². The van der Waals surface area contributed by atoms with E-state index in [1.54, 1.807) is 29.2 Å². The summed E-state index contributed by atoms with van der Waals surface area (Å²) in [6.45, 7) is 3.65. The first-order chi connectivity index (χ1) is 17.9. The average molecular weight is 608 g/mol. The van der Waals surface area contributed by atoms with E-state index in [4.69, 9.17) is 21.1 Å². The van der Waals surface area contributed by atoms with Crippen molar-refractivity contribution in [2.45, 2.75) is 39.2 Å². The van der Waals surface area contributed by atoms with Gasteiger partial charge in [0.15, 0.2) is 11.5 Å². The number of rotatable bonds is 8. The molecule has 0 saturated carbocycles. The lowest BCUT2D eigenvalue weighted by molar-refractivity contribution is -0.135. The predicted molar refractivity (Wildman–Crippen MR) is 149 cm³/mol. The van der Waals surface area contributed by atoms with E-state index in [0.29, 0.717) is 46.3 Å². The number of halogens is 2. The van der Waals surface area contributed by atoms with Gasteiger partial charge in [-0.05, 0) is 61.4 Å². The van der Waals surface area contributed by atoms with Crippen LogP contribution in [0.2, 0.25) is 5.02 Å². The molecule has 7 nitrogen and oxygen atoms in total. The normalized spacial score (nSPS) is 17.3. The molecule has 37 heavy (non-hydrogen) atoms. The van der Waals surface area contributed by atoms with Gasteiger partial charge in [0.05, 0.1) is 11.5 Å². The maximum absolute atomic E-state index is 13.0. The molecular formula is C27H28BrClN2O5S. The van der Waals surface area contributed by atoms with Crippen molar-refractivity contribution in [3.05, 3.63) is 61.9 Å². The summed E-state index contributed by atoms with van der Waals surface area (Å²) in [6, 6.07) is 11.0. The molecule has 3 amide bonds. The van der Waals surface area contributed by atoms with Crippen molar-refractivity contribution in [3.8, 4) is 11.5 Å². The van der Waals surface area contributed by atoms with E-state index in [9.17, 15) is 14.4 Å². The molecule has 2 aliphatic rings. The molecule has 2 heterocycles. The van der Waals surface area contributed by atoms with E-state index in [0.717, 1.165) is 47.9 Å². The number of carbonyl (C=O) groups is 3. The second-order valence-corrected chi connectivity index (χ2v) is 11.0. The van der Waals surface area contributed by atoms with Gasteiger partial charge in [-0.3, -0.25) is 19.3 Å². The Morgan fingerprint density at radius 2 is 1.78 bits per heavy atom. The zero-order valence-electron chi connectivity index (χ0n) is 20.5. The molecule has 0 aliphatic carbocycles. The maximum atomic E-state index is 13.0. The van der Waals surface area contributed by atoms with Crippen LogP contribution < -0.4 is 9.47 Å². The number of thioether (sulfide) groups is 1. The molecule has 196 valence electrons. The Kier molecular flexibility index (Phi) is 9.56. The molecule has 0 spiro atoms. The third kappa shape index (κ3) is 6.89. The van der Waals surface area contributed by atoms with Crippen LogP contribution in [-0.4, -0.2) is 53.1 Å². The van der Waals surface area contributed by atoms with Crippen LogP contribution in [0.25, 0.3) is 6.08 Å². The number of likely N-dealkylation sites (tertiary alicyclic amines) is 1. The van der Waals surface area contributed by atoms with E-state index in [1.165, 1.54) is 0 Å². The van der Waals surface area contributed by atoms with Gasteiger partial charge in [0, 0.05) is 28.1 Å². The van der Waals surface area contributed by atoms with E-state index in [-0.39, 0.29) is 24.0 Å². The highest BCUT2D eigenvalue weighted by Gasteiger charge is 2.37. The molecule has 0 N–H and O–H groups in total. The predicted octanol–water partition coefficient (Wildman–Crippen LogP) is 6.52. The molecule has 4 rings (SSSR count). The summed E-state index contributed by atoms with van der Waals surface area (Å²) < 4.78 is 12.4. The number of hydrogen-bond donors (Lipinski definition) is 0. The third-order valence-electron chi connectivity index (χ3n) is 6.12. The van der Waals surface area contributed by atoms with Crippen molar-refractivity contribution in [1.29, 1.82) is 0 Å². The minimum absolute atomic E-state index is 0.190. The summed E-state index contributed by atoms with van der Waals surface area (Å²) in [5, 5.41) is 0.168. The van der Waals surface area contributed by atoms with Crippen molar-refractivity contribution < 1.29 is 23.9 Å². The van der Waals surface area contributed by atoms with Gasteiger partial charge in [-0.25, -0.2) is 0 Å². The maximum Gasteiger partial charge on any atom is 0.294 e. The molecule has 2 fully saturated rings. The van der Waals surface area contributed by atoms with Gasteiger partial charge in [-0.1, -0.05) is 58.6 Å². The Balaban J connectivity index is 1.50. The van der Waals surface area contributed by atoms with E-state index < -0.39 is 11.1 Å². The third-order valence-corrected chi connectivity index (χ3v) is 8.08. The van der Waals surface area contributed by atoms with Gasteiger partial charge >= 0.3 is 0 Å². The van der Waals surface area contributed by atoms with E-state index in [2.05, 4.69) is 15.9 Å². The topological polar surface area (TPSA) is 76.2 Å². The van der Waals surface area contributed by atoms with Crippen molar-refractivity contribution >= 4 is 62.4 Å². The Bertz CT molecular complexity index is 1210. The zero-order valence-corrected chi connectivity index (χ0v) is 23.7. The second-order valence-electron chi connectivity index (χ2n) is 8.70. The first-order valence-electron chi connectivity index (χ1n) is 12.2. The molecule has 2 aromatic rings. The van der Waals surface area contributed by atoms with Crippen molar-refractivity contribution in [1.82, 2.24) is 9.80 Å². The summed E-state index contributed by atoms with van der Waals surface area (Å²) in [7, 11) is 0. The van der Waals surface area contributed by atoms with Gasteiger partial charge < -0.3 is 14.4 Å². The van der Waals surface area contributed by atoms with Gasteiger partial charge in [0.25, 0.3) is 11.1 Å². The lowest BCUT2D eigenvalue weighted by atomic mass is 10.1. The number of benzene rings is 2. The molecule has 2 aromatic carbocycles. The number of amides is 3. The molecule has 0 atom stereocenters. The Morgan fingerprint density at radius 3 is 2.49 bits per heavy atom. The molecule has 0 bridgehead atoms. The number of imide groups is 1. The standard InChI is InChI=1S/C27H28BrClN2O5S/c1-2-35-22-13-19(20(28)15-23(22)36-17-18-9-5-6-10-21(18)29)14-24-26(33)31(27(34)37-24)16-25(32)30-11-7-3-4-8-12-30/h5-6,9-10,13-15H,2-4,7-8,11-12,16-17H2,1H3. The number of carbonyl (C=O) groups excluding carboxylic acids is 3. The highest BCUT2D eigenvalue weighted by Crippen LogP contribution is 2.38. The van der Waals surface area contributed by atoms with Gasteiger partial charge in [0.2, 0.25) is 5.91 Å². The van der Waals surface area contributed by atoms with Crippen LogP contribution in [0, 0.1) is 0 Å². The molecule has 0 aromatic heterocycles. The summed E-state index contributed by atoms with van der Waals surface area (Å²) >= 11 is 10.6. The SMILES string of the molecule is CCOc1cc(C=C2SC(=O)N(CC(=O)N3CCCCCC3)C2=O)c(Br)cc1OCc1ccccc1Cl. The minimum Gasteiger partial charge on any atom is -0.490 e. The summed E-state index contributed by atoms with van der Waals surface area (Å²) in [6.07, 6.45) is 5.71. The number of ether oxygens (including phenoxy) is 2. The summed E-state index contributed by atoms with van der Waals surface area (Å²) in [5.74, 6) is 0.355. The summed E-state index contributed by atoms with van der Waals surface area (Å²) in [4.78, 5) is 41.5. The Morgan fingerprint density at radius 1 is 1.08 bits per heavy atom. The smallest absolute Gasteiger partial charge is 0.294 e. The Hall–Kier alpha value is -2.49. The lowest BCUT2D eigenvalue weighted by Crippen LogP contribution is -2.42. The second kappa shape index (κ2) is 12.8. The Labute approximate surface area is 234 Å². The first kappa shape index (κ1) is 27.5. The highest BCUT2D eigenvalue weighted by molar-refractivity contribution is 9.10. The fraction of sp³-hybridized carbons (Fsp3) is 0.370. The fourth-order valence-corrected chi connectivity index (χ4v) is 5.60. The molecular weight excluding hydrogens is 580 g/mol. The fourth-order valence-electron chi connectivity index (χ4n) is 4.15. The van der Waals surface area contributed by atoms with Crippen LogP contribution in [0.1, 0.15) is 43.7 Å². The van der Waals surface area contributed by atoms with Crippen molar-refractivity contribution in [3.63, 3.8) is 0 Å². The molecule has 0 radical (unpaired) electrons. The van der Waals surface area contributed by atoms with Crippen molar-refractivity contribution in [2.75, 3.05) is 26.2 Å². The van der Waals surface area contributed by atoms with Crippen molar-refractivity contribution in [2.24, 2.45) is 0 Å². The van der Waals surface area contributed by atoms with E-state index in [1.807, 2.05) is 25.1 Å². The van der Waals surface area contributed by atoms with Gasteiger partial charge in [-0.2, -0.15) is 0 Å². The quantitative estimate of drug-likeness (QED) is 0.318. The summed E-state index contributed by atoms with van der Waals surface area (Å²) in [5.41, 5.74) is 1.49. The van der Waals surface area contributed by atoms with Crippen LogP contribution in [0.15, 0.2) is 45.8 Å². The zero-order chi connectivity index (χ0) is 26.4. The largest absolute Gasteiger partial charge is 0.490 e. The number of hydrogen-bond acceptors (Lipinski definition) is 6. The molecule has 10 heteroatoms. The molecule has 0 unspecified atom stereocenters. The minimum atomic E-state index is -0.470. The van der Waals surface area contributed by atoms with Gasteiger partial charge in [-0.15, -0.1) is 0 Å². The van der Waals surface area contributed by atoms with Gasteiger partial charge in [0.1, 0.15) is 13.2 Å². The highest BCUT2D eigenvalue weighted by atomic mass is 79.9. The average Bonchev–Trinajstić information content (AvgIpc) is 3.06. The van der Waals surface area contributed by atoms with Crippen LogP contribution in [0.4, 0.5) is 4.79 Å².